The number of hydrogen-bond donors (Lipinski definition) is 1. The summed E-state index contributed by atoms with van der Waals surface area (Å²) >= 11 is 0. The van der Waals surface area contributed by atoms with E-state index < -0.39 is 0 Å². The Labute approximate surface area is 131 Å². The molecule has 2 heteroatoms. The summed E-state index contributed by atoms with van der Waals surface area (Å²) in [7, 11) is 2.05. The van der Waals surface area contributed by atoms with Crippen molar-refractivity contribution in [2.45, 2.75) is 70.8 Å². The monoisotopic (exact) mass is 291 g/mol. The molecule has 0 amide bonds. The van der Waals surface area contributed by atoms with Crippen LogP contribution in [-0.4, -0.2) is 24.8 Å². The van der Waals surface area contributed by atoms with Crippen LogP contribution in [0.5, 0.6) is 0 Å². The summed E-state index contributed by atoms with van der Waals surface area (Å²) in [4.78, 5) is 2.13. The molecule has 0 heterocycles. The smallest absolute Gasteiger partial charge is 0.0714 e. The minimum Gasteiger partial charge on any atom is -0.391 e. The lowest BCUT2D eigenvalue weighted by molar-refractivity contribution is 0.167. The topological polar surface area (TPSA) is 23.5 Å². The Balaban J connectivity index is 2.02. The zero-order valence-corrected chi connectivity index (χ0v) is 13.9. The van der Waals surface area contributed by atoms with Crippen LogP contribution < -0.4 is 4.90 Å². The van der Waals surface area contributed by atoms with Gasteiger partial charge in [-0.25, -0.2) is 0 Å². The molecule has 0 radical (unpaired) electrons. The molecule has 0 unspecified atom stereocenters. The molecule has 120 valence electrons. The van der Waals surface area contributed by atoms with Gasteiger partial charge in [0.25, 0.3) is 0 Å². The standard InChI is InChI=1S/C19H33NO/c1-3-4-5-6-7-8-9-13-16-19(21)17-20(2)18-14-11-10-12-15-18/h10-12,14-15,19,21H,3-9,13,16-17H2,1-2H3/t19-/m1/s1. The first-order valence-corrected chi connectivity index (χ1v) is 8.68. The van der Waals surface area contributed by atoms with E-state index in [4.69, 9.17) is 0 Å². The molecule has 0 saturated heterocycles. The number of para-hydroxylation sites is 1. The van der Waals surface area contributed by atoms with Crippen LogP contribution in [-0.2, 0) is 0 Å². The molecule has 0 aliphatic carbocycles. The predicted octanol–water partition coefficient (Wildman–Crippen LogP) is 5.01. The van der Waals surface area contributed by atoms with Crippen LogP contribution in [0.3, 0.4) is 0 Å². The van der Waals surface area contributed by atoms with Crippen LogP contribution in [0.15, 0.2) is 30.3 Å². The van der Waals surface area contributed by atoms with Gasteiger partial charge >= 0.3 is 0 Å². The number of unbranched alkanes of at least 4 members (excludes halogenated alkanes) is 7. The number of hydrogen-bond acceptors (Lipinski definition) is 2. The van der Waals surface area contributed by atoms with E-state index in [1.54, 1.807) is 0 Å². The lowest BCUT2D eigenvalue weighted by atomic mass is 10.1. The van der Waals surface area contributed by atoms with Gasteiger partial charge in [0.05, 0.1) is 6.10 Å². The third-order valence-electron chi connectivity index (χ3n) is 4.07. The van der Waals surface area contributed by atoms with E-state index in [-0.39, 0.29) is 6.10 Å². The Morgan fingerprint density at radius 2 is 1.48 bits per heavy atom. The summed E-state index contributed by atoms with van der Waals surface area (Å²) < 4.78 is 0. The number of rotatable bonds is 12. The van der Waals surface area contributed by atoms with Crippen molar-refractivity contribution in [1.82, 2.24) is 0 Å². The molecule has 1 atom stereocenters. The molecular formula is C19H33NO. The Hall–Kier alpha value is -1.02. The van der Waals surface area contributed by atoms with Crippen molar-refractivity contribution >= 4 is 5.69 Å². The molecule has 1 N–H and O–H groups in total. The minimum atomic E-state index is -0.213. The quantitative estimate of drug-likeness (QED) is 0.547. The van der Waals surface area contributed by atoms with Gasteiger partial charge in [0.1, 0.15) is 0 Å². The summed E-state index contributed by atoms with van der Waals surface area (Å²) in [6.45, 7) is 2.98. The maximum atomic E-state index is 10.1. The first-order chi connectivity index (χ1) is 10.2. The molecule has 0 spiro atoms. The van der Waals surface area contributed by atoms with Crippen LogP contribution in [0.25, 0.3) is 0 Å². The van der Waals surface area contributed by atoms with Gasteiger partial charge in [-0.05, 0) is 18.6 Å². The maximum absolute atomic E-state index is 10.1. The van der Waals surface area contributed by atoms with Crippen LogP contribution in [0.4, 0.5) is 5.69 Å². The van der Waals surface area contributed by atoms with Crippen molar-refractivity contribution in [1.29, 1.82) is 0 Å². The van der Waals surface area contributed by atoms with Gasteiger partial charge in [0.2, 0.25) is 0 Å². The summed E-state index contributed by atoms with van der Waals surface area (Å²) in [6, 6.07) is 10.3. The number of aliphatic hydroxyl groups excluding tert-OH is 1. The Bertz CT molecular complexity index is 339. The molecule has 21 heavy (non-hydrogen) atoms. The first kappa shape index (κ1) is 18.0. The number of aliphatic hydroxyl groups is 1. The highest BCUT2D eigenvalue weighted by Gasteiger charge is 2.08. The third kappa shape index (κ3) is 8.77. The second-order valence-corrected chi connectivity index (χ2v) is 6.13. The van der Waals surface area contributed by atoms with Crippen molar-refractivity contribution < 1.29 is 5.11 Å². The maximum Gasteiger partial charge on any atom is 0.0714 e. The van der Waals surface area contributed by atoms with Crippen molar-refractivity contribution in [2.24, 2.45) is 0 Å². The molecule has 0 aliphatic rings. The summed E-state index contributed by atoms with van der Waals surface area (Å²) in [5.74, 6) is 0. The fourth-order valence-corrected chi connectivity index (χ4v) is 2.71. The number of benzene rings is 1. The number of nitrogens with zero attached hydrogens (tertiary/aromatic N) is 1. The molecule has 0 saturated carbocycles. The SMILES string of the molecule is CCCCCCCCCC[C@@H](O)CN(C)c1ccccc1. The molecule has 1 rings (SSSR count). The zero-order valence-electron chi connectivity index (χ0n) is 13.9. The van der Waals surface area contributed by atoms with E-state index in [0.717, 1.165) is 19.4 Å². The molecule has 1 aromatic carbocycles. The highest BCUT2D eigenvalue weighted by atomic mass is 16.3. The van der Waals surface area contributed by atoms with Gasteiger partial charge < -0.3 is 10.0 Å². The van der Waals surface area contributed by atoms with Gasteiger partial charge in [-0.1, -0.05) is 76.5 Å². The Morgan fingerprint density at radius 1 is 0.905 bits per heavy atom. The summed E-state index contributed by atoms with van der Waals surface area (Å²) in [5, 5.41) is 10.1. The largest absolute Gasteiger partial charge is 0.391 e. The number of anilines is 1. The molecule has 0 bridgehead atoms. The normalized spacial score (nSPS) is 12.3. The number of likely N-dealkylation sites (N-methyl/N-ethyl adjacent to an activating group) is 1. The van der Waals surface area contributed by atoms with E-state index in [2.05, 4.69) is 24.0 Å². The minimum absolute atomic E-state index is 0.213. The Kier molecular flexibility index (Phi) is 9.98. The zero-order chi connectivity index (χ0) is 15.3. The van der Waals surface area contributed by atoms with Crippen LogP contribution in [0.1, 0.15) is 64.7 Å². The second-order valence-electron chi connectivity index (χ2n) is 6.13. The van der Waals surface area contributed by atoms with Crippen LogP contribution in [0, 0.1) is 0 Å². The van der Waals surface area contributed by atoms with E-state index in [0.29, 0.717) is 0 Å². The molecule has 2 nitrogen and oxygen atoms in total. The molecule has 1 aromatic rings. The highest BCUT2D eigenvalue weighted by molar-refractivity contribution is 5.45. The van der Waals surface area contributed by atoms with E-state index in [1.165, 1.54) is 50.6 Å². The van der Waals surface area contributed by atoms with Crippen molar-refractivity contribution in [2.75, 3.05) is 18.5 Å². The second kappa shape index (κ2) is 11.6. The van der Waals surface area contributed by atoms with Crippen molar-refractivity contribution in [3.05, 3.63) is 30.3 Å². The van der Waals surface area contributed by atoms with Gasteiger partial charge in [0, 0.05) is 19.3 Å². The highest BCUT2D eigenvalue weighted by Crippen LogP contribution is 2.14. The van der Waals surface area contributed by atoms with E-state index >= 15 is 0 Å². The molecule has 0 aliphatic heterocycles. The lowest BCUT2D eigenvalue weighted by Crippen LogP contribution is -2.28. The van der Waals surface area contributed by atoms with E-state index in [9.17, 15) is 5.11 Å². The molecule has 0 fully saturated rings. The molecule has 0 aromatic heterocycles. The van der Waals surface area contributed by atoms with Gasteiger partial charge in [-0.3, -0.25) is 0 Å². The van der Waals surface area contributed by atoms with Gasteiger partial charge in [-0.15, -0.1) is 0 Å². The average Bonchev–Trinajstić information content (AvgIpc) is 2.50. The van der Waals surface area contributed by atoms with Crippen LogP contribution >= 0.6 is 0 Å². The van der Waals surface area contributed by atoms with Crippen molar-refractivity contribution in [3.63, 3.8) is 0 Å². The summed E-state index contributed by atoms with van der Waals surface area (Å²) in [5.41, 5.74) is 1.17. The van der Waals surface area contributed by atoms with Crippen LogP contribution in [0.2, 0.25) is 0 Å². The predicted molar refractivity (Wildman–Crippen MR) is 92.9 cm³/mol. The van der Waals surface area contributed by atoms with Gasteiger partial charge in [-0.2, -0.15) is 0 Å². The lowest BCUT2D eigenvalue weighted by Gasteiger charge is -2.22. The van der Waals surface area contributed by atoms with Gasteiger partial charge in [0.15, 0.2) is 0 Å². The average molecular weight is 291 g/mol. The van der Waals surface area contributed by atoms with E-state index in [1.807, 2.05) is 25.2 Å². The summed E-state index contributed by atoms with van der Waals surface area (Å²) in [6.07, 6.45) is 11.3. The first-order valence-electron chi connectivity index (χ1n) is 8.68. The Morgan fingerprint density at radius 3 is 2.10 bits per heavy atom. The van der Waals surface area contributed by atoms with Crippen molar-refractivity contribution in [3.8, 4) is 0 Å². The fourth-order valence-electron chi connectivity index (χ4n) is 2.71. The fraction of sp³-hybridized carbons (Fsp3) is 0.684. The third-order valence-corrected chi connectivity index (χ3v) is 4.07. The molecular weight excluding hydrogens is 258 g/mol.